The number of ether oxygens (including phenoxy) is 2. The lowest BCUT2D eigenvalue weighted by Crippen LogP contribution is -2.53. The quantitative estimate of drug-likeness (QED) is 0.213. The largest absolute Gasteiger partial charge is 0.497 e. The van der Waals surface area contributed by atoms with Gasteiger partial charge in [0.25, 0.3) is 5.91 Å². The Morgan fingerprint density at radius 3 is 2.36 bits per heavy atom. The number of thiol groups is 1. The van der Waals surface area contributed by atoms with Crippen LogP contribution in [0.15, 0.2) is 55.1 Å². The van der Waals surface area contributed by atoms with Crippen LogP contribution in [0.2, 0.25) is 0 Å². The van der Waals surface area contributed by atoms with Crippen LogP contribution in [0, 0.1) is 0 Å². The number of benzene rings is 2. The van der Waals surface area contributed by atoms with Crippen molar-refractivity contribution in [3.8, 4) is 5.75 Å². The Hall–Kier alpha value is -3.46. The molecule has 2 rings (SSSR count). The standard InChI is InChI=1S/C30H41N3O5S/c1-7-9-10-18-33(28(35)25(20-39)32-29(36)38-30(3,4)5)26(22-13-11-12-21(8-2)19-22)27(34)31-23-14-16-24(37-6)17-15-23/h8,11-17,19,25-26,39H,2,7,9-10,18,20H2,1,3-6H3,(H,31,34)(H,32,36). The normalized spacial score (nSPS) is 12.6. The Morgan fingerprint density at radius 1 is 1.10 bits per heavy atom. The third kappa shape index (κ3) is 9.98. The summed E-state index contributed by atoms with van der Waals surface area (Å²) in [6, 6.07) is 12.3. The molecule has 0 saturated carbocycles. The Labute approximate surface area is 237 Å². The summed E-state index contributed by atoms with van der Waals surface area (Å²) in [4.78, 5) is 41.9. The van der Waals surface area contributed by atoms with Gasteiger partial charge in [-0.15, -0.1) is 0 Å². The number of anilines is 1. The van der Waals surface area contributed by atoms with Gasteiger partial charge < -0.3 is 25.0 Å². The number of unbranched alkanes of at least 4 members (excludes halogenated alkanes) is 2. The predicted octanol–water partition coefficient (Wildman–Crippen LogP) is 5.86. The van der Waals surface area contributed by atoms with E-state index in [1.54, 1.807) is 58.2 Å². The number of amides is 3. The van der Waals surface area contributed by atoms with Crippen molar-refractivity contribution in [3.63, 3.8) is 0 Å². The van der Waals surface area contributed by atoms with Gasteiger partial charge in [-0.3, -0.25) is 9.59 Å². The van der Waals surface area contributed by atoms with Gasteiger partial charge in [0.15, 0.2) is 0 Å². The van der Waals surface area contributed by atoms with Crippen molar-refractivity contribution in [1.29, 1.82) is 0 Å². The van der Waals surface area contributed by atoms with Crippen LogP contribution in [0.25, 0.3) is 6.08 Å². The van der Waals surface area contributed by atoms with Gasteiger partial charge in [-0.2, -0.15) is 12.6 Å². The van der Waals surface area contributed by atoms with Crippen molar-refractivity contribution in [3.05, 3.63) is 66.2 Å². The first-order chi connectivity index (χ1) is 18.5. The summed E-state index contributed by atoms with van der Waals surface area (Å²) in [6.07, 6.45) is 3.45. The van der Waals surface area contributed by atoms with Crippen LogP contribution < -0.4 is 15.4 Å². The van der Waals surface area contributed by atoms with Crippen LogP contribution in [-0.2, 0) is 14.3 Å². The molecule has 0 radical (unpaired) electrons. The lowest BCUT2D eigenvalue weighted by atomic mass is 10.00. The highest BCUT2D eigenvalue weighted by atomic mass is 32.1. The number of hydrogen-bond acceptors (Lipinski definition) is 6. The molecule has 2 unspecified atom stereocenters. The van der Waals surface area contributed by atoms with E-state index in [1.165, 1.54) is 4.90 Å². The molecule has 8 nitrogen and oxygen atoms in total. The van der Waals surface area contributed by atoms with E-state index in [9.17, 15) is 14.4 Å². The van der Waals surface area contributed by atoms with Crippen LogP contribution in [0.5, 0.6) is 5.75 Å². The number of rotatable bonds is 13. The van der Waals surface area contributed by atoms with Gasteiger partial charge in [0.2, 0.25) is 5.91 Å². The van der Waals surface area contributed by atoms with E-state index in [-0.39, 0.29) is 11.7 Å². The summed E-state index contributed by atoms with van der Waals surface area (Å²) < 4.78 is 10.6. The second-order valence-electron chi connectivity index (χ2n) is 10.1. The van der Waals surface area contributed by atoms with Crippen LogP contribution in [0.3, 0.4) is 0 Å². The van der Waals surface area contributed by atoms with Gasteiger partial charge >= 0.3 is 6.09 Å². The zero-order valence-electron chi connectivity index (χ0n) is 23.5. The fourth-order valence-corrected chi connectivity index (χ4v) is 4.20. The zero-order chi connectivity index (χ0) is 29.0. The molecule has 2 N–H and O–H groups in total. The molecule has 0 spiro atoms. The molecular weight excluding hydrogens is 514 g/mol. The number of hydrogen-bond donors (Lipinski definition) is 3. The lowest BCUT2D eigenvalue weighted by molar-refractivity contribution is -0.140. The fourth-order valence-electron chi connectivity index (χ4n) is 3.95. The number of nitrogens with one attached hydrogen (secondary N) is 2. The molecule has 3 amide bonds. The van der Waals surface area contributed by atoms with E-state index >= 15 is 0 Å². The summed E-state index contributed by atoms with van der Waals surface area (Å²) >= 11 is 4.34. The minimum absolute atomic E-state index is 0.0296. The van der Waals surface area contributed by atoms with Gasteiger partial charge in [0.1, 0.15) is 23.4 Å². The third-order valence-electron chi connectivity index (χ3n) is 5.84. The van der Waals surface area contributed by atoms with Crippen molar-refractivity contribution in [2.24, 2.45) is 0 Å². The van der Waals surface area contributed by atoms with Crippen molar-refractivity contribution in [2.75, 3.05) is 24.7 Å². The molecule has 0 aromatic heterocycles. The Bertz CT molecular complexity index is 1110. The molecule has 0 fully saturated rings. The second-order valence-corrected chi connectivity index (χ2v) is 10.5. The van der Waals surface area contributed by atoms with Crippen molar-refractivity contribution in [2.45, 2.75) is 64.6 Å². The average Bonchev–Trinajstić information content (AvgIpc) is 2.90. The summed E-state index contributed by atoms with van der Waals surface area (Å²) in [6.45, 7) is 11.4. The number of nitrogens with zero attached hydrogens (tertiary/aromatic N) is 1. The Kier molecular flexibility index (Phi) is 12.4. The molecule has 2 atom stereocenters. The highest BCUT2D eigenvalue weighted by Gasteiger charge is 2.35. The van der Waals surface area contributed by atoms with Crippen molar-refractivity contribution >= 4 is 42.3 Å². The Balaban J connectivity index is 2.50. The van der Waals surface area contributed by atoms with E-state index in [0.717, 1.165) is 18.4 Å². The molecule has 0 bridgehead atoms. The van der Waals surface area contributed by atoms with Gasteiger partial charge in [-0.1, -0.05) is 50.6 Å². The van der Waals surface area contributed by atoms with E-state index in [0.29, 0.717) is 30.0 Å². The monoisotopic (exact) mass is 555 g/mol. The zero-order valence-corrected chi connectivity index (χ0v) is 24.4. The minimum Gasteiger partial charge on any atom is -0.497 e. The summed E-state index contributed by atoms with van der Waals surface area (Å²) in [5, 5.41) is 5.57. The lowest BCUT2D eigenvalue weighted by Gasteiger charge is -2.34. The maximum atomic E-state index is 14.0. The van der Waals surface area contributed by atoms with Crippen LogP contribution in [0.1, 0.15) is 64.1 Å². The first-order valence-corrected chi connectivity index (χ1v) is 13.7. The number of carbonyl (C=O) groups excluding carboxylic acids is 3. The van der Waals surface area contributed by atoms with Crippen molar-refractivity contribution in [1.82, 2.24) is 10.2 Å². The first kappa shape index (κ1) is 31.8. The molecular formula is C30H41N3O5S. The topological polar surface area (TPSA) is 97.0 Å². The smallest absolute Gasteiger partial charge is 0.408 e. The van der Waals surface area contributed by atoms with Crippen LogP contribution >= 0.6 is 12.6 Å². The molecule has 0 aliphatic heterocycles. The fraction of sp³-hybridized carbons (Fsp3) is 0.433. The summed E-state index contributed by atoms with van der Waals surface area (Å²) in [5.74, 6) is -0.126. The summed E-state index contributed by atoms with van der Waals surface area (Å²) in [7, 11) is 1.57. The molecule has 0 saturated heterocycles. The molecule has 9 heteroatoms. The molecule has 0 heterocycles. The predicted molar refractivity (Wildman–Crippen MR) is 159 cm³/mol. The molecule has 2 aromatic carbocycles. The van der Waals surface area contributed by atoms with Crippen LogP contribution in [-0.4, -0.2) is 53.9 Å². The van der Waals surface area contributed by atoms with E-state index < -0.39 is 29.7 Å². The second kappa shape index (κ2) is 15.2. The maximum Gasteiger partial charge on any atom is 0.408 e. The van der Waals surface area contributed by atoms with E-state index in [4.69, 9.17) is 9.47 Å². The van der Waals surface area contributed by atoms with Gasteiger partial charge in [-0.05, 0) is 68.7 Å². The van der Waals surface area contributed by atoms with Gasteiger partial charge in [-0.25, -0.2) is 4.79 Å². The highest BCUT2D eigenvalue weighted by Crippen LogP contribution is 2.27. The Morgan fingerprint density at radius 2 is 1.79 bits per heavy atom. The maximum absolute atomic E-state index is 14.0. The summed E-state index contributed by atoms with van der Waals surface area (Å²) in [5.41, 5.74) is 1.26. The van der Waals surface area contributed by atoms with Crippen LogP contribution in [0.4, 0.5) is 10.5 Å². The molecule has 0 aliphatic carbocycles. The number of alkyl carbamates (subject to hydrolysis) is 1. The van der Waals surface area contributed by atoms with E-state index in [1.807, 2.05) is 24.3 Å². The van der Waals surface area contributed by atoms with Crippen molar-refractivity contribution < 1.29 is 23.9 Å². The molecule has 212 valence electrons. The highest BCUT2D eigenvalue weighted by molar-refractivity contribution is 7.80. The van der Waals surface area contributed by atoms with E-state index in [2.05, 4.69) is 36.8 Å². The molecule has 39 heavy (non-hydrogen) atoms. The third-order valence-corrected chi connectivity index (χ3v) is 6.20. The van der Waals surface area contributed by atoms with Gasteiger partial charge in [0.05, 0.1) is 7.11 Å². The SMILES string of the molecule is C=Cc1cccc(C(C(=O)Nc2ccc(OC)cc2)N(CCCCC)C(=O)C(CS)NC(=O)OC(C)(C)C)c1. The first-order valence-electron chi connectivity index (χ1n) is 13.1. The minimum atomic E-state index is -0.997. The molecule has 0 aliphatic rings. The number of carbonyl (C=O) groups is 3. The average molecular weight is 556 g/mol. The van der Waals surface area contributed by atoms with Gasteiger partial charge in [0, 0.05) is 18.0 Å². The number of methoxy groups -OCH3 is 1. The molecule has 2 aromatic rings.